The lowest BCUT2D eigenvalue weighted by Gasteiger charge is -2.42. The van der Waals surface area contributed by atoms with Crippen LogP contribution in [-0.4, -0.2) is 49.4 Å². The van der Waals surface area contributed by atoms with Gasteiger partial charge in [-0.25, -0.2) is 4.79 Å². The Kier molecular flexibility index (Phi) is 6.71. The standard InChI is InChI=1S/C17H24ClN3O2/c1-2-19-17(23)21-11-10-20(13-16(21)5-3-4-12-22)15-8-6-14(18)7-9-15/h6-9,12,16H,2-5,10-11,13H2,1H3,(H,19,23). The fourth-order valence-corrected chi connectivity index (χ4v) is 3.07. The molecule has 1 atom stereocenters. The van der Waals surface area contributed by atoms with Crippen molar-refractivity contribution in [2.75, 3.05) is 31.1 Å². The largest absolute Gasteiger partial charge is 0.368 e. The molecule has 1 saturated heterocycles. The number of carbonyl (C=O) groups excluding carboxylic acids is 2. The van der Waals surface area contributed by atoms with Crippen molar-refractivity contribution in [3.63, 3.8) is 0 Å². The first kappa shape index (κ1) is 17.6. The molecule has 126 valence electrons. The summed E-state index contributed by atoms with van der Waals surface area (Å²) >= 11 is 5.95. The summed E-state index contributed by atoms with van der Waals surface area (Å²) in [4.78, 5) is 27.0. The summed E-state index contributed by atoms with van der Waals surface area (Å²) in [6.45, 7) is 4.79. The number of piperazine rings is 1. The molecule has 5 nitrogen and oxygen atoms in total. The minimum absolute atomic E-state index is 0.0145. The highest BCUT2D eigenvalue weighted by Gasteiger charge is 2.29. The summed E-state index contributed by atoms with van der Waals surface area (Å²) in [6.07, 6.45) is 3.12. The predicted octanol–water partition coefficient (Wildman–Crippen LogP) is 2.93. The Morgan fingerprint density at radius 3 is 2.74 bits per heavy atom. The number of benzene rings is 1. The van der Waals surface area contributed by atoms with Gasteiger partial charge in [0.25, 0.3) is 0 Å². The lowest BCUT2D eigenvalue weighted by molar-refractivity contribution is -0.108. The molecule has 0 saturated carbocycles. The minimum atomic E-state index is -0.0145. The Bertz CT molecular complexity index is 521. The molecule has 1 aliphatic rings. The molecule has 1 aromatic carbocycles. The summed E-state index contributed by atoms with van der Waals surface area (Å²) in [5, 5.41) is 3.60. The van der Waals surface area contributed by atoms with Crippen molar-refractivity contribution in [1.82, 2.24) is 10.2 Å². The monoisotopic (exact) mass is 337 g/mol. The number of amides is 2. The molecule has 1 fully saturated rings. The van der Waals surface area contributed by atoms with Crippen LogP contribution in [-0.2, 0) is 4.79 Å². The first-order valence-electron chi connectivity index (χ1n) is 8.14. The molecule has 6 heteroatoms. The van der Waals surface area contributed by atoms with Gasteiger partial charge in [0.05, 0.1) is 6.04 Å². The minimum Gasteiger partial charge on any atom is -0.368 e. The fourth-order valence-electron chi connectivity index (χ4n) is 2.95. The number of halogens is 1. The molecule has 1 aromatic rings. The number of nitrogens with one attached hydrogen (secondary N) is 1. The highest BCUT2D eigenvalue weighted by molar-refractivity contribution is 6.30. The number of anilines is 1. The smallest absolute Gasteiger partial charge is 0.317 e. The van der Waals surface area contributed by atoms with Gasteiger partial charge in [0.15, 0.2) is 0 Å². The normalized spacial score (nSPS) is 17.9. The van der Waals surface area contributed by atoms with Crippen LogP contribution in [0.25, 0.3) is 0 Å². The number of hydrogen-bond donors (Lipinski definition) is 1. The summed E-state index contributed by atoms with van der Waals surface area (Å²) in [5.41, 5.74) is 1.12. The van der Waals surface area contributed by atoms with E-state index < -0.39 is 0 Å². The van der Waals surface area contributed by atoms with Crippen LogP contribution in [0.5, 0.6) is 0 Å². The van der Waals surface area contributed by atoms with Crippen molar-refractivity contribution in [2.45, 2.75) is 32.2 Å². The molecule has 1 heterocycles. The van der Waals surface area contributed by atoms with Crippen LogP contribution in [0.2, 0.25) is 5.02 Å². The van der Waals surface area contributed by atoms with E-state index in [1.807, 2.05) is 36.1 Å². The second kappa shape index (κ2) is 8.77. The van der Waals surface area contributed by atoms with E-state index in [1.165, 1.54) is 0 Å². The third-order valence-electron chi connectivity index (χ3n) is 4.12. The molecule has 2 amide bonds. The number of urea groups is 1. The maximum absolute atomic E-state index is 12.2. The van der Waals surface area contributed by atoms with Crippen LogP contribution in [0, 0.1) is 0 Å². The summed E-state index contributed by atoms with van der Waals surface area (Å²) in [6, 6.07) is 7.88. The summed E-state index contributed by atoms with van der Waals surface area (Å²) in [7, 11) is 0. The summed E-state index contributed by atoms with van der Waals surface area (Å²) in [5.74, 6) is 0. The van der Waals surface area contributed by atoms with E-state index in [0.29, 0.717) is 19.5 Å². The van der Waals surface area contributed by atoms with Crippen molar-refractivity contribution in [2.24, 2.45) is 0 Å². The second-order valence-corrected chi connectivity index (χ2v) is 6.14. The highest BCUT2D eigenvalue weighted by Crippen LogP contribution is 2.23. The summed E-state index contributed by atoms with van der Waals surface area (Å²) < 4.78 is 0. The van der Waals surface area contributed by atoms with Crippen LogP contribution in [0.3, 0.4) is 0 Å². The van der Waals surface area contributed by atoms with Crippen molar-refractivity contribution in [3.8, 4) is 0 Å². The SMILES string of the molecule is CCNC(=O)N1CCN(c2ccc(Cl)cc2)CC1CCCC=O. The van der Waals surface area contributed by atoms with Gasteiger partial charge in [-0.3, -0.25) is 0 Å². The van der Waals surface area contributed by atoms with E-state index >= 15 is 0 Å². The Labute approximate surface area is 142 Å². The molecular formula is C17H24ClN3O2. The average Bonchev–Trinajstić information content (AvgIpc) is 2.56. The zero-order chi connectivity index (χ0) is 16.7. The van der Waals surface area contributed by atoms with Crippen LogP contribution >= 0.6 is 11.6 Å². The second-order valence-electron chi connectivity index (χ2n) is 5.70. The van der Waals surface area contributed by atoms with Crippen molar-refractivity contribution >= 4 is 29.6 Å². The Morgan fingerprint density at radius 2 is 2.09 bits per heavy atom. The molecule has 1 unspecified atom stereocenters. The Hall–Kier alpha value is -1.75. The van der Waals surface area contributed by atoms with Gasteiger partial charge < -0.3 is 19.9 Å². The maximum atomic E-state index is 12.2. The quantitative estimate of drug-likeness (QED) is 0.641. The number of nitrogens with zero attached hydrogens (tertiary/aromatic N) is 2. The molecule has 2 rings (SSSR count). The molecule has 1 N–H and O–H groups in total. The van der Waals surface area contributed by atoms with E-state index in [-0.39, 0.29) is 12.1 Å². The van der Waals surface area contributed by atoms with Crippen LogP contribution in [0.15, 0.2) is 24.3 Å². The number of aldehydes is 1. The first-order valence-corrected chi connectivity index (χ1v) is 8.52. The van der Waals surface area contributed by atoms with E-state index in [0.717, 1.165) is 42.9 Å². The van der Waals surface area contributed by atoms with Crippen molar-refractivity contribution < 1.29 is 9.59 Å². The van der Waals surface area contributed by atoms with Crippen molar-refractivity contribution in [3.05, 3.63) is 29.3 Å². The zero-order valence-electron chi connectivity index (χ0n) is 13.5. The molecule has 0 radical (unpaired) electrons. The molecule has 0 bridgehead atoms. The van der Waals surface area contributed by atoms with Gasteiger partial charge >= 0.3 is 6.03 Å². The first-order chi connectivity index (χ1) is 11.2. The number of rotatable bonds is 6. The van der Waals surface area contributed by atoms with Gasteiger partial charge in [-0.05, 0) is 44.0 Å². The highest BCUT2D eigenvalue weighted by atomic mass is 35.5. The lowest BCUT2D eigenvalue weighted by atomic mass is 10.0. The zero-order valence-corrected chi connectivity index (χ0v) is 14.3. The van der Waals surface area contributed by atoms with Gasteiger partial charge in [-0.1, -0.05) is 11.6 Å². The van der Waals surface area contributed by atoms with Gasteiger partial charge in [0.1, 0.15) is 6.29 Å². The van der Waals surface area contributed by atoms with Crippen LogP contribution in [0.4, 0.5) is 10.5 Å². The molecule has 0 spiro atoms. The predicted molar refractivity (Wildman–Crippen MR) is 93.1 cm³/mol. The molecular weight excluding hydrogens is 314 g/mol. The van der Waals surface area contributed by atoms with Crippen LogP contribution in [0.1, 0.15) is 26.2 Å². The lowest BCUT2D eigenvalue weighted by Crippen LogP contribution is -2.57. The van der Waals surface area contributed by atoms with Gasteiger partial charge in [0, 0.05) is 43.3 Å². The van der Waals surface area contributed by atoms with Crippen molar-refractivity contribution in [1.29, 1.82) is 0 Å². The number of hydrogen-bond acceptors (Lipinski definition) is 3. The van der Waals surface area contributed by atoms with E-state index in [1.54, 1.807) is 0 Å². The Balaban J connectivity index is 2.06. The topological polar surface area (TPSA) is 52.7 Å². The third kappa shape index (κ3) is 4.86. The molecule has 0 aromatic heterocycles. The number of carbonyl (C=O) groups is 2. The number of unbranched alkanes of at least 4 members (excludes halogenated alkanes) is 1. The Morgan fingerprint density at radius 1 is 1.35 bits per heavy atom. The van der Waals surface area contributed by atoms with Gasteiger partial charge in [0.2, 0.25) is 0 Å². The maximum Gasteiger partial charge on any atom is 0.317 e. The fraction of sp³-hybridized carbons (Fsp3) is 0.529. The van der Waals surface area contributed by atoms with Gasteiger partial charge in [-0.2, -0.15) is 0 Å². The van der Waals surface area contributed by atoms with Gasteiger partial charge in [-0.15, -0.1) is 0 Å². The van der Waals surface area contributed by atoms with E-state index in [2.05, 4.69) is 10.2 Å². The third-order valence-corrected chi connectivity index (χ3v) is 4.37. The van der Waals surface area contributed by atoms with E-state index in [9.17, 15) is 9.59 Å². The van der Waals surface area contributed by atoms with Crippen LogP contribution < -0.4 is 10.2 Å². The van der Waals surface area contributed by atoms with E-state index in [4.69, 9.17) is 11.6 Å². The molecule has 0 aliphatic carbocycles. The molecule has 23 heavy (non-hydrogen) atoms. The molecule has 1 aliphatic heterocycles. The average molecular weight is 338 g/mol.